The van der Waals surface area contributed by atoms with Crippen molar-refractivity contribution in [3.05, 3.63) is 28.8 Å². The first-order valence-electron chi connectivity index (χ1n) is 9.50. The second kappa shape index (κ2) is 9.11. The highest BCUT2D eigenvalue weighted by molar-refractivity contribution is 7.89. The van der Waals surface area contributed by atoms with Crippen molar-refractivity contribution in [2.45, 2.75) is 51.9 Å². The predicted octanol–water partition coefficient (Wildman–Crippen LogP) is 2.45. The van der Waals surface area contributed by atoms with Gasteiger partial charge in [0.1, 0.15) is 0 Å². The van der Waals surface area contributed by atoms with Crippen LogP contribution in [-0.4, -0.2) is 56.3 Å². The lowest BCUT2D eigenvalue weighted by molar-refractivity contribution is -0.135. The summed E-state index contributed by atoms with van der Waals surface area (Å²) in [6, 6.07) is 3.95. The highest BCUT2D eigenvalue weighted by atomic mass is 35.5. The number of benzene rings is 1. The van der Waals surface area contributed by atoms with E-state index in [0.717, 1.165) is 16.7 Å². The van der Waals surface area contributed by atoms with Crippen LogP contribution in [0.1, 0.15) is 44.4 Å². The molecule has 160 valence electrons. The molecular weight excluding hydrogens is 398 g/mol. The van der Waals surface area contributed by atoms with Gasteiger partial charge in [0.05, 0.1) is 4.90 Å². The van der Waals surface area contributed by atoms with Gasteiger partial charge in [0.15, 0.2) is 0 Å². The Morgan fingerprint density at radius 3 is 1.96 bits per heavy atom. The van der Waals surface area contributed by atoms with Crippen LogP contribution in [0.4, 0.5) is 0 Å². The average molecular weight is 432 g/mol. The molecular formula is C20H34ClN3O3S. The van der Waals surface area contributed by atoms with Crippen molar-refractivity contribution in [1.29, 1.82) is 0 Å². The maximum Gasteiger partial charge on any atom is 0.243 e. The van der Waals surface area contributed by atoms with Gasteiger partial charge in [-0.15, -0.1) is 12.4 Å². The molecule has 1 fully saturated rings. The van der Waals surface area contributed by atoms with Gasteiger partial charge < -0.3 is 10.6 Å². The molecule has 1 heterocycles. The molecule has 0 bridgehead atoms. The van der Waals surface area contributed by atoms with Crippen molar-refractivity contribution in [3.63, 3.8) is 0 Å². The van der Waals surface area contributed by atoms with Gasteiger partial charge in [-0.25, -0.2) is 8.42 Å². The molecule has 1 aromatic carbocycles. The second-order valence-corrected chi connectivity index (χ2v) is 10.4. The van der Waals surface area contributed by atoms with Gasteiger partial charge in [0.2, 0.25) is 15.9 Å². The van der Waals surface area contributed by atoms with Gasteiger partial charge in [0, 0.05) is 38.6 Å². The minimum absolute atomic E-state index is 0. The number of nitrogens with two attached hydrogens (primary N) is 1. The molecule has 0 saturated carbocycles. The number of amides is 1. The summed E-state index contributed by atoms with van der Waals surface area (Å²) in [4.78, 5) is 14.4. The normalized spacial score (nSPS) is 17.2. The largest absolute Gasteiger partial charge is 0.340 e. The van der Waals surface area contributed by atoms with E-state index in [2.05, 4.69) is 20.8 Å². The molecule has 8 heteroatoms. The van der Waals surface area contributed by atoms with E-state index < -0.39 is 10.0 Å². The zero-order valence-electron chi connectivity index (χ0n) is 17.8. The standard InChI is InChI=1S/C20H33N3O3S.ClH/c1-14-11-17(20(4,5)6)12-15(2)18(14)27(25,26)23-9-7-22(8-10-23)19(24)16(3)13-21;/h11-12,16H,7-10,13,21H2,1-6H3;1H. The van der Waals surface area contributed by atoms with Crippen LogP contribution in [-0.2, 0) is 20.2 Å². The van der Waals surface area contributed by atoms with Gasteiger partial charge >= 0.3 is 0 Å². The highest BCUT2D eigenvalue weighted by Gasteiger charge is 2.33. The van der Waals surface area contributed by atoms with E-state index in [1.54, 1.807) is 11.8 Å². The second-order valence-electron chi connectivity index (χ2n) is 8.56. The molecule has 28 heavy (non-hydrogen) atoms. The molecule has 0 aliphatic carbocycles. The van der Waals surface area contributed by atoms with Gasteiger partial charge in [0.25, 0.3) is 0 Å². The summed E-state index contributed by atoms with van der Waals surface area (Å²) in [6.45, 7) is 13.6. The number of carbonyl (C=O) groups is 1. The van der Waals surface area contributed by atoms with Crippen molar-refractivity contribution in [3.8, 4) is 0 Å². The average Bonchev–Trinajstić information content (AvgIpc) is 2.58. The molecule has 1 unspecified atom stereocenters. The number of piperazine rings is 1. The van der Waals surface area contributed by atoms with Crippen LogP contribution in [0, 0.1) is 19.8 Å². The van der Waals surface area contributed by atoms with Crippen molar-refractivity contribution >= 4 is 28.3 Å². The van der Waals surface area contributed by atoms with Crippen molar-refractivity contribution in [2.24, 2.45) is 11.7 Å². The van der Waals surface area contributed by atoms with E-state index in [4.69, 9.17) is 5.73 Å². The van der Waals surface area contributed by atoms with Crippen LogP contribution >= 0.6 is 12.4 Å². The van der Waals surface area contributed by atoms with Gasteiger partial charge in [-0.2, -0.15) is 4.31 Å². The lowest BCUT2D eigenvalue weighted by Gasteiger charge is -2.35. The lowest BCUT2D eigenvalue weighted by atomic mass is 9.85. The Morgan fingerprint density at radius 1 is 1.11 bits per heavy atom. The first kappa shape index (κ1) is 24.9. The van der Waals surface area contributed by atoms with E-state index in [1.165, 1.54) is 4.31 Å². The molecule has 1 atom stereocenters. The Bertz CT molecular complexity index is 787. The van der Waals surface area contributed by atoms with Crippen molar-refractivity contribution < 1.29 is 13.2 Å². The number of sulfonamides is 1. The summed E-state index contributed by atoms with van der Waals surface area (Å²) in [5.74, 6) is -0.237. The molecule has 1 amide bonds. The third-order valence-corrected chi connectivity index (χ3v) is 7.45. The Balaban J connectivity index is 0.00000392. The fraction of sp³-hybridized carbons (Fsp3) is 0.650. The number of hydrogen-bond donors (Lipinski definition) is 1. The summed E-state index contributed by atoms with van der Waals surface area (Å²) >= 11 is 0. The Morgan fingerprint density at radius 2 is 1.57 bits per heavy atom. The molecule has 2 rings (SSSR count). The fourth-order valence-electron chi connectivity index (χ4n) is 3.48. The van der Waals surface area contributed by atoms with Crippen molar-refractivity contribution in [1.82, 2.24) is 9.21 Å². The summed E-state index contributed by atoms with van der Waals surface area (Å²) in [6.07, 6.45) is 0. The lowest BCUT2D eigenvalue weighted by Crippen LogP contribution is -2.52. The smallest absolute Gasteiger partial charge is 0.243 e. The number of hydrogen-bond acceptors (Lipinski definition) is 4. The molecule has 1 saturated heterocycles. The summed E-state index contributed by atoms with van der Waals surface area (Å²) in [5, 5.41) is 0. The van der Waals surface area contributed by atoms with E-state index in [9.17, 15) is 13.2 Å². The fourth-order valence-corrected chi connectivity index (χ4v) is 5.31. The third kappa shape index (κ3) is 5.06. The first-order chi connectivity index (χ1) is 12.4. The molecule has 2 N–H and O–H groups in total. The van der Waals surface area contributed by atoms with E-state index >= 15 is 0 Å². The topological polar surface area (TPSA) is 83.7 Å². The highest BCUT2D eigenvalue weighted by Crippen LogP contribution is 2.31. The van der Waals surface area contributed by atoms with Crippen molar-refractivity contribution in [2.75, 3.05) is 32.7 Å². The maximum absolute atomic E-state index is 13.3. The molecule has 0 aromatic heterocycles. The minimum Gasteiger partial charge on any atom is -0.340 e. The molecule has 6 nitrogen and oxygen atoms in total. The maximum atomic E-state index is 13.3. The first-order valence-corrected chi connectivity index (χ1v) is 10.9. The molecule has 0 radical (unpaired) electrons. The number of halogens is 1. The van der Waals surface area contributed by atoms with E-state index in [0.29, 0.717) is 37.6 Å². The van der Waals surface area contributed by atoms with Gasteiger partial charge in [-0.05, 0) is 36.0 Å². The Labute approximate surface area is 175 Å². The zero-order valence-corrected chi connectivity index (χ0v) is 19.4. The quantitative estimate of drug-likeness (QED) is 0.793. The van der Waals surface area contributed by atoms with E-state index in [1.807, 2.05) is 26.0 Å². The van der Waals surface area contributed by atoms with Crippen LogP contribution < -0.4 is 5.73 Å². The van der Waals surface area contributed by atoms with Crippen LogP contribution in [0.25, 0.3) is 0 Å². The molecule has 1 aliphatic heterocycles. The predicted molar refractivity (Wildman–Crippen MR) is 115 cm³/mol. The van der Waals surface area contributed by atoms with Crippen LogP contribution in [0.2, 0.25) is 0 Å². The van der Waals surface area contributed by atoms with Crippen LogP contribution in [0.15, 0.2) is 17.0 Å². The van der Waals surface area contributed by atoms with Crippen LogP contribution in [0.5, 0.6) is 0 Å². The summed E-state index contributed by atoms with van der Waals surface area (Å²) in [7, 11) is -3.59. The Kier molecular flexibility index (Phi) is 8.10. The van der Waals surface area contributed by atoms with E-state index in [-0.39, 0.29) is 29.6 Å². The number of nitrogens with zero attached hydrogens (tertiary/aromatic N) is 2. The van der Waals surface area contributed by atoms with Gasteiger partial charge in [-0.1, -0.05) is 39.8 Å². The van der Waals surface area contributed by atoms with Crippen LogP contribution in [0.3, 0.4) is 0 Å². The monoisotopic (exact) mass is 431 g/mol. The number of carbonyl (C=O) groups excluding carboxylic acids is 1. The third-order valence-electron chi connectivity index (χ3n) is 5.25. The molecule has 1 aliphatic rings. The Hall–Kier alpha value is -1.15. The molecule has 0 spiro atoms. The zero-order chi connectivity index (χ0) is 20.6. The minimum atomic E-state index is -3.59. The van der Waals surface area contributed by atoms with Gasteiger partial charge in [-0.3, -0.25) is 4.79 Å². The summed E-state index contributed by atoms with van der Waals surface area (Å²) < 4.78 is 28.0. The molecule has 1 aromatic rings. The summed E-state index contributed by atoms with van der Waals surface area (Å²) in [5.41, 5.74) is 8.21. The number of aryl methyl sites for hydroxylation is 2. The SMILES string of the molecule is Cc1cc(C(C)(C)C)cc(C)c1S(=O)(=O)N1CCN(C(=O)C(C)CN)CC1.Cl. The number of rotatable bonds is 4.